The molecule has 4 heteroatoms. The molecule has 2 atom stereocenters. The van der Waals surface area contributed by atoms with Crippen molar-refractivity contribution >= 4 is 9.84 Å². The van der Waals surface area contributed by atoms with Crippen molar-refractivity contribution in [2.75, 3.05) is 12.8 Å². The summed E-state index contributed by atoms with van der Waals surface area (Å²) in [5, 5.41) is 3.47. The average molecular weight is 253 g/mol. The molecule has 0 amide bonds. The van der Waals surface area contributed by atoms with E-state index in [4.69, 9.17) is 0 Å². The molecule has 1 fully saturated rings. The Balaban J connectivity index is 2.22. The zero-order chi connectivity index (χ0) is 12.5. The number of nitrogens with one attached hydrogen (secondary N) is 1. The Bertz CT molecular complexity index is 488. The molecule has 3 nitrogen and oxygen atoms in total. The van der Waals surface area contributed by atoms with Gasteiger partial charge in [-0.05, 0) is 43.0 Å². The molecule has 2 rings (SSSR count). The van der Waals surface area contributed by atoms with Gasteiger partial charge in [0.05, 0.1) is 4.90 Å². The summed E-state index contributed by atoms with van der Waals surface area (Å²) >= 11 is 0. The molecule has 0 unspecified atom stereocenters. The minimum atomic E-state index is -3.10. The maximum atomic E-state index is 11.5. The Morgan fingerprint density at radius 3 is 2.65 bits per heavy atom. The van der Waals surface area contributed by atoms with Gasteiger partial charge in [0, 0.05) is 12.3 Å². The predicted octanol–water partition coefficient (Wildman–Crippen LogP) is 2.15. The van der Waals surface area contributed by atoms with Crippen LogP contribution in [0.4, 0.5) is 0 Å². The molecular weight excluding hydrogens is 234 g/mol. The van der Waals surface area contributed by atoms with Crippen molar-refractivity contribution in [3.05, 3.63) is 29.8 Å². The highest BCUT2D eigenvalue weighted by molar-refractivity contribution is 7.90. The smallest absolute Gasteiger partial charge is 0.175 e. The Hall–Kier alpha value is -0.870. The van der Waals surface area contributed by atoms with Gasteiger partial charge in [0.2, 0.25) is 0 Å². The largest absolute Gasteiger partial charge is 0.310 e. The third-order valence-corrected chi connectivity index (χ3v) is 4.46. The lowest BCUT2D eigenvalue weighted by Crippen LogP contribution is -2.31. The maximum absolute atomic E-state index is 11.5. The molecule has 1 saturated heterocycles. The second-order valence-corrected chi connectivity index (χ2v) is 7.00. The fourth-order valence-corrected chi connectivity index (χ4v) is 2.92. The van der Waals surface area contributed by atoms with Crippen LogP contribution in [-0.4, -0.2) is 21.2 Å². The Morgan fingerprint density at radius 2 is 2.06 bits per heavy atom. The zero-order valence-electron chi connectivity index (χ0n) is 10.3. The molecule has 1 aliphatic heterocycles. The number of hydrogen-bond acceptors (Lipinski definition) is 3. The van der Waals surface area contributed by atoms with E-state index in [-0.39, 0.29) is 0 Å². The molecule has 0 aromatic heterocycles. The highest BCUT2D eigenvalue weighted by atomic mass is 32.2. The van der Waals surface area contributed by atoms with Crippen molar-refractivity contribution in [1.82, 2.24) is 5.32 Å². The van der Waals surface area contributed by atoms with Crippen molar-refractivity contribution < 1.29 is 8.42 Å². The van der Waals surface area contributed by atoms with Crippen molar-refractivity contribution in [1.29, 1.82) is 0 Å². The van der Waals surface area contributed by atoms with Crippen LogP contribution in [0.15, 0.2) is 29.2 Å². The van der Waals surface area contributed by atoms with Gasteiger partial charge in [0.1, 0.15) is 0 Å². The minimum Gasteiger partial charge on any atom is -0.310 e. The summed E-state index contributed by atoms with van der Waals surface area (Å²) in [6, 6.07) is 7.58. The van der Waals surface area contributed by atoms with E-state index < -0.39 is 9.84 Å². The van der Waals surface area contributed by atoms with E-state index in [0.717, 1.165) is 18.5 Å². The highest BCUT2D eigenvalue weighted by Gasteiger charge is 2.19. The highest BCUT2D eigenvalue weighted by Crippen LogP contribution is 2.26. The number of benzene rings is 1. The molecule has 1 aliphatic rings. The first-order valence-corrected chi connectivity index (χ1v) is 7.89. The summed E-state index contributed by atoms with van der Waals surface area (Å²) in [4.78, 5) is 0.412. The van der Waals surface area contributed by atoms with E-state index in [9.17, 15) is 8.42 Å². The molecule has 1 aromatic rings. The second-order valence-electron chi connectivity index (χ2n) is 4.99. The Morgan fingerprint density at radius 1 is 1.29 bits per heavy atom. The number of sulfone groups is 1. The third-order valence-electron chi connectivity index (χ3n) is 3.35. The number of rotatable bonds is 2. The summed E-state index contributed by atoms with van der Waals surface area (Å²) in [7, 11) is -3.10. The fraction of sp³-hybridized carbons (Fsp3) is 0.538. The SMILES string of the molecule is C[C@@H]1CC[C@@H](c2cccc(S(C)(=O)=O)c2)NC1. The van der Waals surface area contributed by atoms with E-state index in [1.165, 1.54) is 12.7 Å². The van der Waals surface area contributed by atoms with Gasteiger partial charge in [-0.25, -0.2) is 8.42 Å². The van der Waals surface area contributed by atoms with Crippen LogP contribution in [0.25, 0.3) is 0 Å². The van der Waals surface area contributed by atoms with Gasteiger partial charge in [-0.1, -0.05) is 19.1 Å². The minimum absolute atomic E-state index is 0.299. The monoisotopic (exact) mass is 253 g/mol. The van der Waals surface area contributed by atoms with Crippen molar-refractivity contribution in [3.8, 4) is 0 Å². The maximum Gasteiger partial charge on any atom is 0.175 e. The number of piperidine rings is 1. The van der Waals surface area contributed by atoms with Crippen LogP contribution in [0.3, 0.4) is 0 Å². The van der Waals surface area contributed by atoms with Gasteiger partial charge in [0.15, 0.2) is 9.84 Å². The first kappa shape index (κ1) is 12.6. The lowest BCUT2D eigenvalue weighted by Gasteiger charge is -2.28. The van der Waals surface area contributed by atoms with E-state index in [0.29, 0.717) is 16.9 Å². The van der Waals surface area contributed by atoms with Gasteiger partial charge in [-0.15, -0.1) is 0 Å². The topological polar surface area (TPSA) is 46.2 Å². The van der Waals surface area contributed by atoms with Crippen LogP contribution >= 0.6 is 0 Å². The summed E-state index contributed by atoms with van der Waals surface area (Å²) in [5.74, 6) is 0.712. The molecule has 1 N–H and O–H groups in total. The van der Waals surface area contributed by atoms with Crippen molar-refractivity contribution in [2.24, 2.45) is 5.92 Å². The van der Waals surface area contributed by atoms with Crippen LogP contribution < -0.4 is 5.32 Å². The predicted molar refractivity (Wildman–Crippen MR) is 68.7 cm³/mol. The third kappa shape index (κ3) is 3.07. The Kier molecular flexibility index (Phi) is 3.54. The normalized spacial score (nSPS) is 25.8. The molecule has 1 heterocycles. The molecule has 0 spiro atoms. The summed E-state index contributed by atoms with van der Waals surface area (Å²) in [6.45, 7) is 3.24. The molecular formula is C13H19NO2S. The van der Waals surface area contributed by atoms with Gasteiger partial charge < -0.3 is 5.32 Å². The summed E-state index contributed by atoms with van der Waals surface area (Å²) < 4.78 is 23.0. The van der Waals surface area contributed by atoms with Crippen LogP contribution in [0.2, 0.25) is 0 Å². The average Bonchev–Trinajstić information content (AvgIpc) is 2.29. The van der Waals surface area contributed by atoms with E-state index in [2.05, 4.69) is 12.2 Å². The first-order chi connectivity index (χ1) is 7.97. The van der Waals surface area contributed by atoms with Crippen LogP contribution in [0.5, 0.6) is 0 Å². The van der Waals surface area contributed by atoms with Gasteiger partial charge in [-0.2, -0.15) is 0 Å². The number of hydrogen-bond donors (Lipinski definition) is 1. The summed E-state index contributed by atoms with van der Waals surface area (Å²) in [6.07, 6.45) is 3.53. The van der Waals surface area contributed by atoms with Crippen LogP contribution in [-0.2, 0) is 9.84 Å². The van der Waals surface area contributed by atoms with Crippen LogP contribution in [0.1, 0.15) is 31.4 Å². The first-order valence-electron chi connectivity index (χ1n) is 6.00. The molecule has 0 saturated carbocycles. The van der Waals surface area contributed by atoms with Gasteiger partial charge in [-0.3, -0.25) is 0 Å². The molecule has 0 aliphatic carbocycles. The summed E-state index contributed by atoms with van der Waals surface area (Å²) in [5.41, 5.74) is 1.08. The Labute approximate surface area is 103 Å². The quantitative estimate of drug-likeness (QED) is 0.878. The lowest BCUT2D eigenvalue weighted by molar-refractivity contribution is 0.332. The molecule has 0 radical (unpaired) electrons. The van der Waals surface area contributed by atoms with Gasteiger partial charge in [0.25, 0.3) is 0 Å². The van der Waals surface area contributed by atoms with E-state index in [1.54, 1.807) is 12.1 Å². The molecule has 0 bridgehead atoms. The molecule has 94 valence electrons. The molecule has 1 aromatic carbocycles. The lowest BCUT2D eigenvalue weighted by atomic mass is 9.92. The van der Waals surface area contributed by atoms with Gasteiger partial charge >= 0.3 is 0 Å². The van der Waals surface area contributed by atoms with Crippen molar-refractivity contribution in [3.63, 3.8) is 0 Å². The van der Waals surface area contributed by atoms with Crippen molar-refractivity contribution in [2.45, 2.75) is 30.7 Å². The van der Waals surface area contributed by atoms with Crippen LogP contribution in [0, 0.1) is 5.92 Å². The second kappa shape index (κ2) is 4.78. The van der Waals surface area contributed by atoms with E-state index in [1.807, 2.05) is 12.1 Å². The fourth-order valence-electron chi connectivity index (χ4n) is 2.25. The standard InChI is InChI=1S/C13H19NO2S/c1-10-6-7-13(14-9-10)11-4-3-5-12(8-11)17(2,15)16/h3-5,8,10,13-14H,6-7,9H2,1-2H3/t10-,13+/m1/s1. The molecule has 17 heavy (non-hydrogen) atoms. The van der Waals surface area contributed by atoms with E-state index >= 15 is 0 Å². The zero-order valence-corrected chi connectivity index (χ0v) is 11.1.